The van der Waals surface area contributed by atoms with Gasteiger partial charge in [-0.25, -0.2) is 0 Å². The van der Waals surface area contributed by atoms with Crippen molar-refractivity contribution < 1.29 is 9.59 Å². The summed E-state index contributed by atoms with van der Waals surface area (Å²) in [4.78, 5) is 25.3. The molecule has 0 aromatic carbocycles. The molecule has 0 spiro atoms. The Bertz CT molecular complexity index is 305. The first-order valence-electron chi connectivity index (χ1n) is 8.28. The summed E-state index contributed by atoms with van der Waals surface area (Å²) in [7, 11) is 0. The van der Waals surface area contributed by atoms with Crippen molar-refractivity contribution in [3.8, 4) is 0 Å². The molecule has 116 valence electrons. The van der Waals surface area contributed by atoms with Crippen molar-refractivity contribution in [3.63, 3.8) is 0 Å². The van der Waals surface area contributed by atoms with Crippen molar-refractivity contribution in [2.24, 2.45) is 0 Å². The summed E-state index contributed by atoms with van der Waals surface area (Å²) in [6.07, 6.45) is 10.6. The fraction of sp³-hybridized carbons (Fsp3) is 0.875. The van der Waals surface area contributed by atoms with Gasteiger partial charge in [-0.1, -0.05) is 58.8 Å². The van der Waals surface area contributed by atoms with Gasteiger partial charge in [-0.15, -0.1) is 0 Å². The Morgan fingerprint density at radius 2 is 1.60 bits per heavy atom. The summed E-state index contributed by atoms with van der Waals surface area (Å²) in [6, 6.07) is -0.165. The monoisotopic (exact) mass is 282 g/mol. The van der Waals surface area contributed by atoms with Gasteiger partial charge in [-0.3, -0.25) is 19.8 Å². The topological polar surface area (TPSA) is 49.4 Å². The zero-order valence-electron chi connectivity index (χ0n) is 13.1. The molecule has 1 heterocycles. The van der Waals surface area contributed by atoms with Crippen LogP contribution in [0, 0.1) is 0 Å². The molecule has 0 aromatic rings. The minimum Gasteiger partial charge on any atom is -0.297 e. The summed E-state index contributed by atoms with van der Waals surface area (Å²) in [5, 5.41) is 2.99. The van der Waals surface area contributed by atoms with Crippen molar-refractivity contribution in [1.29, 1.82) is 0 Å². The number of rotatable bonds is 10. The smallest absolute Gasteiger partial charge is 0.246 e. The fourth-order valence-electron chi connectivity index (χ4n) is 2.66. The summed E-state index contributed by atoms with van der Waals surface area (Å²) in [6.45, 7) is 5.11. The molecule has 1 fully saturated rings. The van der Waals surface area contributed by atoms with Crippen LogP contribution in [-0.4, -0.2) is 35.8 Å². The van der Waals surface area contributed by atoms with Crippen LogP contribution in [0.25, 0.3) is 0 Å². The van der Waals surface area contributed by atoms with E-state index in [1.807, 2.05) is 6.92 Å². The number of amides is 2. The molecule has 0 saturated carbocycles. The normalized spacial score (nSPS) is 19.7. The van der Waals surface area contributed by atoms with Crippen LogP contribution >= 0.6 is 0 Å². The lowest BCUT2D eigenvalue weighted by molar-refractivity contribution is -0.149. The number of piperazine rings is 1. The fourth-order valence-corrected chi connectivity index (χ4v) is 2.66. The Balaban J connectivity index is 2.13. The summed E-state index contributed by atoms with van der Waals surface area (Å²) in [5.41, 5.74) is 0. The van der Waals surface area contributed by atoms with Crippen LogP contribution in [0.3, 0.4) is 0 Å². The lowest BCUT2D eigenvalue weighted by Gasteiger charge is -2.31. The van der Waals surface area contributed by atoms with Crippen molar-refractivity contribution >= 4 is 11.8 Å². The van der Waals surface area contributed by atoms with Gasteiger partial charge in [0.1, 0.15) is 0 Å². The van der Waals surface area contributed by atoms with E-state index in [-0.39, 0.29) is 17.9 Å². The molecule has 20 heavy (non-hydrogen) atoms. The third-order valence-corrected chi connectivity index (χ3v) is 4.01. The van der Waals surface area contributed by atoms with Gasteiger partial charge in [0, 0.05) is 6.54 Å². The van der Waals surface area contributed by atoms with E-state index in [0.29, 0.717) is 13.1 Å². The highest BCUT2D eigenvalue weighted by Gasteiger charge is 2.31. The standard InChI is InChI=1S/C16H30N2O2/c1-3-5-6-7-8-9-10-11-12-18-15(19)13-17-14(4-2)16(18)20/h14,17H,3-13H2,1-2H3. The van der Waals surface area contributed by atoms with E-state index in [1.165, 1.54) is 43.4 Å². The Morgan fingerprint density at radius 1 is 1.00 bits per heavy atom. The third-order valence-electron chi connectivity index (χ3n) is 4.01. The molecule has 1 aliphatic heterocycles. The van der Waals surface area contributed by atoms with Crippen molar-refractivity contribution in [2.45, 2.75) is 77.7 Å². The molecule has 0 bridgehead atoms. The van der Waals surface area contributed by atoms with Gasteiger partial charge in [0.15, 0.2) is 0 Å². The molecule has 1 rings (SSSR count). The molecule has 1 unspecified atom stereocenters. The number of hydrogen-bond acceptors (Lipinski definition) is 3. The van der Waals surface area contributed by atoms with E-state index < -0.39 is 0 Å². The zero-order chi connectivity index (χ0) is 14.8. The first-order chi connectivity index (χ1) is 9.70. The largest absolute Gasteiger partial charge is 0.297 e. The second-order valence-corrected chi connectivity index (χ2v) is 5.70. The lowest BCUT2D eigenvalue weighted by atomic mass is 10.1. The van der Waals surface area contributed by atoms with E-state index in [1.54, 1.807) is 0 Å². The Labute approximate surface area is 123 Å². The van der Waals surface area contributed by atoms with Crippen LogP contribution in [0.5, 0.6) is 0 Å². The first-order valence-corrected chi connectivity index (χ1v) is 8.28. The zero-order valence-corrected chi connectivity index (χ0v) is 13.1. The maximum Gasteiger partial charge on any atom is 0.246 e. The van der Waals surface area contributed by atoms with Crippen LogP contribution in [0.4, 0.5) is 0 Å². The summed E-state index contributed by atoms with van der Waals surface area (Å²) in [5.74, 6) is -0.102. The van der Waals surface area contributed by atoms with E-state index >= 15 is 0 Å². The van der Waals surface area contributed by atoms with Crippen LogP contribution in [0.1, 0.15) is 71.6 Å². The lowest BCUT2D eigenvalue weighted by Crippen LogP contribution is -2.57. The second-order valence-electron chi connectivity index (χ2n) is 5.70. The average molecular weight is 282 g/mol. The minimum atomic E-state index is -0.165. The number of carbonyl (C=O) groups is 2. The molecule has 0 aliphatic carbocycles. The minimum absolute atomic E-state index is 0.0355. The quantitative estimate of drug-likeness (QED) is 0.495. The number of nitrogens with zero attached hydrogens (tertiary/aromatic N) is 1. The number of unbranched alkanes of at least 4 members (excludes halogenated alkanes) is 7. The van der Waals surface area contributed by atoms with Crippen molar-refractivity contribution in [2.75, 3.05) is 13.1 Å². The predicted molar refractivity (Wildman–Crippen MR) is 81.4 cm³/mol. The number of carbonyl (C=O) groups excluding carboxylic acids is 2. The maximum atomic E-state index is 12.0. The Hall–Kier alpha value is -0.900. The molecule has 0 radical (unpaired) electrons. The van der Waals surface area contributed by atoms with Crippen molar-refractivity contribution in [1.82, 2.24) is 10.2 Å². The molecule has 2 amide bonds. The molecule has 4 nitrogen and oxygen atoms in total. The highest BCUT2D eigenvalue weighted by Crippen LogP contribution is 2.11. The van der Waals surface area contributed by atoms with E-state index in [4.69, 9.17) is 0 Å². The molecule has 1 saturated heterocycles. The molecule has 1 N–H and O–H groups in total. The van der Waals surface area contributed by atoms with Gasteiger partial charge in [-0.05, 0) is 12.8 Å². The Morgan fingerprint density at radius 3 is 2.20 bits per heavy atom. The Kier molecular flexibility index (Phi) is 8.51. The van der Waals surface area contributed by atoms with E-state index in [0.717, 1.165) is 19.3 Å². The molecule has 1 atom stereocenters. The van der Waals surface area contributed by atoms with Gasteiger partial charge in [0.25, 0.3) is 0 Å². The first kappa shape index (κ1) is 17.2. The second kappa shape index (κ2) is 9.92. The molecular formula is C16H30N2O2. The van der Waals surface area contributed by atoms with Crippen molar-refractivity contribution in [3.05, 3.63) is 0 Å². The average Bonchev–Trinajstić information content (AvgIpc) is 2.45. The van der Waals surface area contributed by atoms with Gasteiger partial charge in [-0.2, -0.15) is 0 Å². The van der Waals surface area contributed by atoms with Crippen LogP contribution in [0.2, 0.25) is 0 Å². The van der Waals surface area contributed by atoms with Gasteiger partial charge >= 0.3 is 0 Å². The van der Waals surface area contributed by atoms with Gasteiger partial charge in [0.05, 0.1) is 12.6 Å². The van der Waals surface area contributed by atoms with E-state index in [2.05, 4.69) is 12.2 Å². The third kappa shape index (κ3) is 5.61. The molecule has 4 heteroatoms. The number of imide groups is 1. The number of nitrogens with one attached hydrogen (secondary N) is 1. The molecule has 0 aromatic heterocycles. The molecule has 1 aliphatic rings. The summed E-state index contributed by atoms with van der Waals surface area (Å²) >= 11 is 0. The SMILES string of the molecule is CCCCCCCCCCN1C(=O)CNC(CC)C1=O. The van der Waals surface area contributed by atoms with Gasteiger partial charge < -0.3 is 0 Å². The number of hydrogen-bond donors (Lipinski definition) is 1. The highest BCUT2D eigenvalue weighted by atomic mass is 16.2. The maximum absolute atomic E-state index is 12.0. The highest BCUT2D eigenvalue weighted by molar-refractivity contribution is 6.01. The predicted octanol–water partition coefficient (Wildman–Crippen LogP) is 2.86. The van der Waals surface area contributed by atoms with Crippen LogP contribution < -0.4 is 5.32 Å². The summed E-state index contributed by atoms with van der Waals surface area (Å²) < 4.78 is 0. The van der Waals surface area contributed by atoms with Crippen LogP contribution in [0.15, 0.2) is 0 Å². The molecular weight excluding hydrogens is 252 g/mol. The van der Waals surface area contributed by atoms with E-state index in [9.17, 15) is 9.59 Å². The van der Waals surface area contributed by atoms with Gasteiger partial charge in [0.2, 0.25) is 11.8 Å². The van der Waals surface area contributed by atoms with Crippen LogP contribution in [-0.2, 0) is 9.59 Å².